The van der Waals surface area contributed by atoms with Crippen LogP contribution in [0, 0.1) is 0 Å². The van der Waals surface area contributed by atoms with Crippen molar-refractivity contribution in [3.8, 4) is 0 Å². The Kier molecular flexibility index (Phi) is 3.22. The van der Waals surface area contributed by atoms with Crippen LogP contribution in [0.3, 0.4) is 0 Å². The zero-order valence-electron chi connectivity index (χ0n) is 11.5. The second-order valence-corrected chi connectivity index (χ2v) is 7.78. The van der Waals surface area contributed by atoms with Crippen LogP contribution in [0.25, 0.3) is 10.8 Å². The summed E-state index contributed by atoms with van der Waals surface area (Å²) < 4.78 is 63.9. The van der Waals surface area contributed by atoms with Gasteiger partial charge in [0.2, 0.25) is 0 Å². The molecule has 1 heterocycles. The number of nitrogens with two attached hydrogens (primary N) is 1. The Hall–Kier alpha value is -2.54. The Morgan fingerprint density at radius 2 is 1.54 bits per heavy atom. The molecule has 0 aromatic heterocycles. The third-order valence-electron chi connectivity index (χ3n) is 3.49. The minimum absolute atomic E-state index is 0.0824. The zero-order chi connectivity index (χ0) is 18.0. The molecule has 0 spiro atoms. The number of anilines is 1. The minimum atomic E-state index is -4.83. The van der Waals surface area contributed by atoms with Gasteiger partial charge in [-0.1, -0.05) is 0 Å². The Labute approximate surface area is 134 Å². The molecule has 0 fully saturated rings. The summed E-state index contributed by atoms with van der Waals surface area (Å²) in [5.41, 5.74) is 4.36. The molecule has 24 heavy (non-hydrogen) atoms. The van der Waals surface area contributed by atoms with E-state index in [2.05, 4.69) is 0 Å². The SMILES string of the molecule is Nc1c(S(=O)(=O)O)cc2cc(S(=O)(=O)O)cc3c2c1C(=O)NC3=O. The quantitative estimate of drug-likeness (QED) is 0.315. The number of amides is 2. The van der Waals surface area contributed by atoms with Crippen LogP contribution >= 0.6 is 0 Å². The van der Waals surface area contributed by atoms with Gasteiger partial charge in [-0.3, -0.25) is 24.0 Å². The molecule has 126 valence electrons. The highest BCUT2D eigenvalue weighted by atomic mass is 32.2. The fourth-order valence-electron chi connectivity index (χ4n) is 2.52. The fourth-order valence-corrected chi connectivity index (χ4v) is 3.72. The smallest absolute Gasteiger partial charge is 0.296 e. The first kappa shape index (κ1) is 16.3. The predicted molar refractivity (Wildman–Crippen MR) is 79.8 cm³/mol. The van der Waals surface area contributed by atoms with Gasteiger partial charge in [0.15, 0.2) is 0 Å². The highest BCUT2D eigenvalue weighted by Gasteiger charge is 2.32. The molecule has 0 bridgehead atoms. The van der Waals surface area contributed by atoms with Crippen LogP contribution in [0.1, 0.15) is 20.7 Å². The molecule has 2 amide bonds. The lowest BCUT2D eigenvalue weighted by atomic mass is 9.94. The average Bonchev–Trinajstić information content (AvgIpc) is 2.42. The second kappa shape index (κ2) is 4.73. The van der Waals surface area contributed by atoms with Crippen molar-refractivity contribution in [2.75, 3.05) is 5.73 Å². The Bertz CT molecular complexity index is 1170. The molecule has 0 saturated carbocycles. The van der Waals surface area contributed by atoms with Gasteiger partial charge >= 0.3 is 0 Å². The van der Waals surface area contributed by atoms with E-state index in [1.54, 1.807) is 0 Å². The van der Waals surface area contributed by atoms with Crippen LogP contribution < -0.4 is 11.1 Å². The summed E-state index contributed by atoms with van der Waals surface area (Å²) in [6.45, 7) is 0. The van der Waals surface area contributed by atoms with E-state index in [1.165, 1.54) is 0 Å². The lowest BCUT2D eigenvalue weighted by Gasteiger charge is -2.20. The number of carbonyl (C=O) groups excluding carboxylic acids is 2. The maximum Gasteiger partial charge on any atom is 0.296 e. The first-order chi connectivity index (χ1) is 10.9. The molecule has 0 saturated heterocycles. The third-order valence-corrected chi connectivity index (χ3v) is 5.21. The average molecular weight is 372 g/mol. The molecular weight excluding hydrogens is 364 g/mol. The van der Waals surface area contributed by atoms with Gasteiger partial charge in [-0.05, 0) is 23.6 Å². The van der Waals surface area contributed by atoms with Crippen molar-refractivity contribution < 1.29 is 35.5 Å². The van der Waals surface area contributed by atoms with E-state index < -0.39 is 53.1 Å². The van der Waals surface area contributed by atoms with Crippen molar-refractivity contribution in [1.82, 2.24) is 5.32 Å². The van der Waals surface area contributed by atoms with E-state index in [1.807, 2.05) is 5.32 Å². The van der Waals surface area contributed by atoms with E-state index in [9.17, 15) is 31.0 Å². The molecule has 2 aromatic carbocycles. The number of carbonyl (C=O) groups is 2. The molecule has 1 aliphatic rings. The summed E-state index contributed by atoms with van der Waals surface area (Å²) >= 11 is 0. The lowest BCUT2D eigenvalue weighted by Crippen LogP contribution is -2.35. The van der Waals surface area contributed by atoms with E-state index in [4.69, 9.17) is 10.3 Å². The Morgan fingerprint density at radius 1 is 0.917 bits per heavy atom. The molecule has 0 atom stereocenters. The summed E-state index contributed by atoms with van der Waals surface area (Å²) in [4.78, 5) is 22.4. The molecule has 0 unspecified atom stereocenters. The van der Waals surface area contributed by atoms with E-state index in [0.717, 1.165) is 18.2 Å². The van der Waals surface area contributed by atoms with Crippen molar-refractivity contribution in [3.63, 3.8) is 0 Å². The predicted octanol–water partition coefficient (Wildman–Crippen LogP) is -0.201. The molecule has 2 aromatic rings. The largest absolute Gasteiger partial charge is 0.397 e. The normalized spacial score (nSPS) is 14.8. The maximum atomic E-state index is 12.0. The highest BCUT2D eigenvalue weighted by Crippen LogP contribution is 2.36. The van der Waals surface area contributed by atoms with Gasteiger partial charge < -0.3 is 5.73 Å². The molecule has 10 nitrogen and oxygen atoms in total. The number of nitrogen functional groups attached to an aromatic ring is 1. The number of rotatable bonds is 2. The first-order valence-electron chi connectivity index (χ1n) is 6.12. The highest BCUT2D eigenvalue weighted by molar-refractivity contribution is 7.86. The topological polar surface area (TPSA) is 181 Å². The number of nitrogens with one attached hydrogen (secondary N) is 1. The summed E-state index contributed by atoms with van der Waals surface area (Å²) in [6.07, 6.45) is 0. The number of imide groups is 1. The second-order valence-electron chi connectivity index (χ2n) is 4.97. The van der Waals surface area contributed by atoms with Gasteiger partial charge in [0.05, 0.1) is 16.1 Å². The number of benzene rings is 2. The van der Waals surface area contributed by atoms with Gasteiger partial charge in [-0.15, -0.1) is 0 Å². The maximum absolute atomic E-state index is 12.0. The van der Waals surface area contributed by atoms with Crippen LogP contribution in [0.15, 0.2) is 28.0 Å². The minimum Gasteiger partial charge on any atom is -0.397 e. The van der Waals surface area contributed by atoms with Crippen LogP contribution in [-0.4, -0.2) is 37.8 Å². The standard InChI is InChI=1S/C12H8N2O8S2/c13-10-7(24(20,21)22)2-4-1-5(23(17,18)19)3-6-8(4)9(10)12(16)14-11(6)15/h1-3H,13H2,(H,14,15,16)(H,17,18,19)(H,20,21,22). The summed E-state index contributed by atoms with van der Waals surface area (Å²) in [6, 6.07) is 2.50. The molecule has 0 aliphatic carbocycles. The first-order valence-corrected chi connectivity index (χ1v) is 9.00. The van der Waals surface area contributed by atoms with Gasteiger partial charge in [-0.2, -0.15) is 16.8 Å². The third kappa shape index (κ3) is 2.32. The molecular formula is C12H8N2O8S2. The van der Waals surface area contributed by atoms with Gasteiger partial charge in [0.25, 0.3) is 32.1 Å². The van der Waals surface area contributed by atoms with Crippen LogP contribution in [0.5, 0.6) is 0 Å². The van der Waals surface area contributed by atoms with Crippen molar-refractivity contribution in [2.24, 2.45) is 0 Å². The zero-order valence-corrected chi connectivity index (χ0v) is 13.1. The molecule has 1 aliphatic heterocycles. The molecule has 0 radical (unpaired) electrons. The van der Waals surface area contributed by atoms with Crippen molar-refractivity contribution >= 4 is 48.5 Å². The van der Waals surface area contributed by atoms with E-state index in [0.29, 0.717) is 0 Å². The summed E-state index contributed by atoms with van der Waals surface area (Å²) in [5.74, 6) is -1.94. The monoisotopic (exact) mass is 372 g/mol. The summed E-state index contributed by atoms with van der Waals surface area (Å²) in [5, 5.41) is 1.62. The van der Waals surface area contributed by atoms with Gasteiger partial charge in [0.1, 0.15) is 4.90 Å². The van der Waals surface area contributed by atoms with Crippen molar-refractivity contribution in [3.05, 3.63) is 29.3 Å². The lowest BCUT2D eigenvalue weighted by molar-refractivity contribution is 0.0845. The fraction of sp³-hybridized carbons (Fsp3) is 0. The van der Waals surface area contributed by atoms with E-state index >= 15 is 0 Å². The molecule has 5 N–H and O–H groups in total. The number of hydrogen-bond donors (Lipinski definition) is 4. The van der Waals surface area contributed by atoms with Crippen molar-refractivity contribution in [2.45, 2.75) is 9.79 Å². The van der Waals surface area contributed by atoms with Crippen LogP contribution in [-0.2, 0) is 20.2 Å². The van der Waals surface area contributed by atoms with E-state index in [-0.39, 0.29) is 16.3 Å². The Morgan fingerprint density at radius 3 is 2.08 bits per heavy atom. The number of hydrogen-bond acceptors (Lipinski definition) is 7. The molecule has 12 heteroatoms. The van der Waals surface area contributed by atoms with Gasteiger partial charge in [-0.25, -0.2) is 0 Å². The van der Waals surface area contributed by atoms with Crippen LogP contribution in [0.2, 0.25) is 0 Å². The van der Waals surface area contributed by atoms with Gasteiger partial charge in [0, 0.05) is 10.9 Å². The summed E-state index contributed by atoms with van der Waals surface area (Å²) in [7, 11) is -9.55. The van der Waals surface area contributed by atoms with Crippen LogP contribution in [0.4, 0.5) is 5.69 Å². The molecule has 3 rings (SSSR count). The van der Waals surface area contributed by atoms with Crippen molar-refractivity contribution in [1.29, 1.82) is 0 Å². The Balaban J connectivity index is 2.62.